The normalized spacial score (nSPS) is 27.6. The molecular weight excluding hydrogens is 496 g/mol. The lowest BCUT2D eigenvalue weighted by Crippen LogP contribution is -2.68. The predicted molar refractivity (Wildman–Crippen MR) is 153 cm³/mol. The van der Waals surface area contributed by atoms with Crippen molar-refractivity contribution >= 4 is 10.0 Å². The van der Waals surface area contributed by atoms with E-state index < -0.39 is 15.4 Å². The highest BCUT2D eigenvalue weighted by molar-refractivity contribution is 7.89. The Hall–Kier alpha value is -1.81. The number of nitrogens with zero attached hydrogens (tertiary/aromatic N) is 3. The van der Waals surface area contributed by atoms with Gasteiger partial charge in [0.25, 0.3) is 0 Å². The van der Waals surface area contributed by atoms with Crippen LogP contribution < -0.4 is 5.43 Å². The van der Waals surface area contributed by atoms with Crippen LogP contribution in [0.2, 0.25) is 0 Å². The molecule has 3 saturated heterocycles. The lowest BCUT2D eigenvalue weighted by molar-refractivity contribution is -0.0637. The first kappa shape index (κ1) is 27.7. The van der Waals surface area contributed by atoms with E-state index in [1.54, 1.807) is 11.4 Å². The Morgan fingerprint density at radius 2 is 1.79 bits per heavy atom. The summed E-state index contributed by atoms with van der Waals surface area (Å²) in [4.78, 5) is 2.50. The number of methoxy groups -OCH3 is 1. The summed E-state index contributed by atoms with van der Waals surface area (Å²) in [5, 5.41) is 1.43. The molecule has 8 heteroatoms. The van der Waals surface area contributed by atoms with Crippen LogP contribution in [0.4, 0.5) is 0 Å². The lowest BCUT2D eigenvalue weighted by Gasteiger charge is -2.57. The molecular formula is C30H44N4O3S. The quantitative estimate of drug-likeness (QED) is 0.570. The molecule has 0 bridgehead atoms. The van der Waals surface area contributed by atoms with Crippen molar-refractivity contribution < 1.29 is 13.2 Å². The summed E-state index contributed by atoms with van der Waals surface area (Å²) in [5.74, 6) is 0.237. The summed E-state index contributed by atoms with van der Waals surface area (Å²) in [6.45, 7) is 11.9. The number of hydrogen-bond donors (Lipinski definition) is 1. The molecule has 7 nitrogen and oxygen atoms in total. The number of rotatable bonds is 7. The van der Waals surface area contributed by atoms with Gasteiger partial charge in [0.1, 0.15) is 5.37 Å². The molecule has 0 radical (unpaired) electrons. The molecule has 0 spiro atoms. The van der Waals surface area contributed by atoms with E-state index in [0.717, 1.165) is 19.4 Å². The zero-order chi connectivity index (χ0) is 27.0. The number of hydrogen-bond acceptors (Lipinski definition) is 6. The van der Waals surface area contributed by atoms with Crippen molar-refractivity contribution in [1.82, 2.24) is 19.6 Å². The molecule has 2 unspecified atom stereocenters. The molecule has 3 aliphatic heterocycles. The molecule has 2 aromatic carbocycles. The Kier molecular flexibility index (Phi) is 8.29. The van der Waals surface area contributed by atoms with Gasteiger partial charge in [0.2, 0.25) is 10.0 Å². The Bertz CT molecular complexity index is 1220. The maximum Gasteiger partial charge on any atom is 0.231 e. The third kappa shape index (κ3) is 5.07. The topological polar surface area (TPSA) is 65.1 Å². The molecule has 208 valence electrons. The van der Waals surface area contributed by atoms with E-state index in [-0.39, 0.29) is 24.0 Å². The predicted octanol–water partition coefficient (Wildman–Crippen LogP) is 4.12. The van der Waals surface area contributed by atoms with Crippen LogP contribution in [0.1, 0.15) is 55.7 Å². The Morgan fingerprint density at radius 1 is 1.05 bits per heavy atom. The second-order valence-corrected chi connectivity index (χ2v) is 13.6. The largest absolute Gasteiger partial charge is 0.383 e. The summed E-state index contributed by atoms with van der Waals surface area (Å²) in [6, 6.07) is 16.0. The average molecular weight is 541 g/mol. The number of sulfonamides is 1. The SMILES string of the molecule is COCC1[C@@H](c2ccc(-c3cccc(C)c3C)cc2)[C@@H]2CN(S(=O)(=O)C3CCNN3C(C)C)CCCCN12. The smallest absolute Gasteiger partial charge is 0.231 e. The fraction of sp³-hybridized carbons (Fsp3) is 0.600. The van der Waals surface area contributed by atoms with Gasteiger partial charge in [-0.25, -0.2) is 13.4 Å². The molecule has 1 N–H and O–H groups in total. The van der Waals surface area contributed by atoms with Gasteiger partial charge in [0.05, 0.1) is 6.61 Å². The van der Waals surface area contributed by atoms with E-state index in [2.05, 4.69) is 80.5 Å². The summed E-state index contributed by atoms with van der Waals surface area (Å²) in [7, 11) is -1.70. The van der Waals surface area contributed by atoms with E-state index in [1.807, 2.05) is 5.01 Å². The second-order valence-electron chi connectivity index (χ2n) is 11.5. The first-order valence-corrected chi connectivity index (χ1v) is 15.7. The zero-order valence-electron chi connectivity index (χ0n) is 23.6. The molecule has 3 fully saturated rings. The minimum atomic E-state index is -3.47. The molecule has 0 amide bonds. The number of aryl methyl sites for hydroxylation is 1. The maximum atomic E-state index is 14.0. The molecule has 0 saturated carbocycles. The lowest BCUT2D eigenvalue weighted by atomic mass is 9.74. The van der Waals surface area contributed by atoms with Gasteiger partial charge in [-0.2, -0.15) is 4.31 Å². The minimum absolute atomic E-state index is 0.126. The van der Waals surface area contributed by atoms with Crippen molar-refractivity contribution in [1.29, 1.82) is 0 Å². The highest BCUT2D eigenvalue weighted by Gasteiger charge is 2.51. The van der Waals surface area contributed by atoms with E-state index in [4.69, 9.17) is 4.74 Å². The van der Waals surface area contributed by atoms with Crippen LogP contribution in [0.15, 0.2) is 42.5 Å². The van der Waals surface area contributed by atoms with Crippen molar-refractivity contribution in [3.63, 3.8) is 0 Å². The minimum Gasteiger partial charge on any atom is -0.383 e. The van der Waals surface area contributed by atoms with E-state index in [0.29, 0.717) is 32.7 Å². The van der Waals surface area contributed by atoms with Crippen LogP contribution in [0, 0.1) is 13.8 Å². The second kappa shape index (κ2) is 11.4. The maximum absolute atomic E-state index is 14.0. The third-order valence-electron chi connectivity index (χ3n) is 8.95. The van der Waals surface area contributed by atoms with Crippen LogP contribution >= 0.6 is 0 Å². The fourth-order valence-corrected chi connectivity index (χ4v) is 8.89. The summed E-state index contributed by atoms with van der Waals surface area (Å²) in [5.41, 5.74) is 9.66. The number of ether oxygens (including phenoxy) is 1. The van der Waals surface area contributed by atoms with Crippen LogP contribution in [-0.2, 0) is 14.8 Å². The summed E-state index contributed by atoms with van der Waals surface area (Å²) < 4.78 is 35.4. The Labute approximate surface area is 229 Å². The first-order chi connectivity index (χ1) is 18.2. The van der Waals surface area contributed by atoms with Gasteiger partial charge in [0, 0.05) is 50.8 Å². The van der Waals surface area contributed by atoms with Crippen LogP contribution in [-0.4, -0.2) is 86.0 Å². The van der Waals surface area contributed by atoms with Crippen LogP contribution in [0.5, 0.6) is 0 Å². The van der Waals surface area contributed by atoms with Gasteiger partial charge in [-0.05, 0) is 81.3 Å². The van der Waals surface area contributed by atoms with Gasteiger partial charge in [-0.1, -0.05) is 42.5 Å². The van der Waals surface area contributed by atoms with Gasteiger partial charge in [-0.3, -0.25) is 10.3 Å². The molecule has 2 aromatic rings. The first-order valence-electron chi connectivity index (χ1n) is 14.2. The van der Waals surface area contributed by atoms with Gasteiger partial charge >= 0.3 is 0 Å². The van der Waals surface area contributed by atoms with Crippen LogP contribution in [0.25, 0.3) is 11.1 Å². The number of fused-ring (bicyclic) bond motifs is 1. The van der Waals surface area contributed by atoms with Crippen molar-refractivity contribution in [3.8, 4) is 11.1 Å². The molecule has 0 aliphatic carbocycles. The highest BCUT2D eigenvalue weighted by atomic mass is 32.2. The number of nitrogens with one attached hydrogen (secondary N) is 1. The fourth-order valence-electron chi connectivity index (χ4n) is 6.78. The van der Waals surface area contributed by atoms with Gasteiger partial charge in [0.15, 0.2) is 0 Å². The number of hydrazine groups is 1. The average Bonchev–Trinajstić information content (AvgIpc) is 3.39. The third-order valence-corrected chi connectivity index (χ3v) is 11.2. The molecule has 38 heavy (non-hydrogen) atoms. The van der Waals surface area contributed by atoms with Crippen molar-refractivity contribution in [2.45, 2.75) is 76.4 Å². The summed E-state index contributed by atoms with van der Waals surface area (Å²) >= 11 is 0. The summed E-state index contributed by atoms with van der Waals surface area (Å²) in [6.07, 6.45) is 2.51. The van der Waals surface area contributed by atoms with Crippen LogP contribution in [0.3, 0.4) is 0 Å². The molecule has 0 aromatic heterocycles. The monoisotopic (exact) mass is 540 g/mol. The molecule has 4 atom stereocenters. The zero-order valence-corrected chi connectivity index (χ0v) is 24.4. The van der Waals surface area contributed by atoms with Crippen molar-refractivity contribution in [3.05, 3.63) is 59.2 Å². The standard InChI is InChI=1S/C30H44N4O3S/c1-21(2)34-29(15-16-31-34)38(35,36)32-17-6-7-18-33-27(19-32)30(28(33)20-37-5)25-13-11-24(12-14-25)26-10-8-9-22(3)23(26)4/h8-14,21,27-31H,6-7,15-20H2,1-5H3/t27-,28?,29?,30-/m0/s1. The van der Waals surface area contributed by atoms with Crippen molar-refractivity contribution in [2.75, 3.05) is 39.9 Å². The molecule has 3 aliphatic rings. The Balaban J connectivity index is 1.42. The Morgan fingerprint density at radius 3 is 2.50 bits per heavy atom. The van der Waals surface area contributed by atoms with E-state index in [9.17, 15) is 8.42 Å². The highest BCUT2D eigenvalue weighted by Crippen LogP contribution is 2.43. The van der Waals surface area contributed by atoms with Gasteiger partial charge < -0.3 is 4.74 Å². The molecule has 5 rings (SSSR count). The van der Waals surface area contributed by atoms with Crippen molar-refractivity contribution in [2.24, 2.45) is 0 Å². The molecule has 3 heterocycles. The van der Waals surface area contributed by atoms with Gasteiger partial charge in [-0.15, -0.1) is 0 Å². The number of benzene rings is 2. The van der Waals surface area contributed by atoms with E-state index >= 15 is 0 Å². The van der Waals surface area contributed by atoms with E-state index in [1.165, 1.54) is 27.8 Å².